The summed E-state index contributed by atoms with van der Waals surface area (Å²) in [6.45, 7) is 4.01. The molecule has 0 saturated heterocycles. The van der Waals surface area contributed by atoms with Gasteiger partial charge < -0.3 is 28.9 Å². The number of aromatic nitrogens is 4. The predicted octanol–water partition coefficient (Wildman–Crippen LogP) is 8.42. The first-order valence-electron chi connectivity index (χ1n) is 17.4. The Bertz CT molecular complexity index is 2380. The molecule has 2 aromatic carbocycles. The van der Waals surface area contributed by atoms with Crippen molar-refractivity contribution in [2.24, 2.45) is 0 Å². The quantitative estimate of drug-likeness (QED) is 0.0759. The molecule has 0 atom stereocenters. The van der Waals surface area contributed by atoms with Crippen LogP contribution in [-0.2, 0) is 38.5 Å². The second-order valence-electron chi connectivity index (χ2n) is 12.1. The largest absolute Gasteiger partial charge is 2.00 e. The zero-order valence-corrected chi connectivity index (χ0v) is 33.9. The standard InChI is InChI=1S/C44H37N4O6.Zn/c1-5-53-41(49)23-13-31-33-15-19-37(45-33)43(27-9-7-11-29(25-27)51-3)39-21-17-35(47-39)32(14-24-42(50)54-6-2)36-18-22-40(48-36)44(38-20-16-34(31)46-38)28-10-8-12-30(26-28)52-4;/h7-26H,5-6H2,1-4H3,(H-,45,46,47,48,49,50);/q-1;+2/p-1. The minimum absolute atomic E-state index is 0. The van der Waals surface area contributed by atoms with E-state index in [0.717, 1.165) is 22.3 Å². The molecule has 0 spiro atoms. The van der Waals surface area contributed by atoms with E-state index < -0.39 is 11.9 Å². The fraction of sp³-hybridized carbons (Fsp3) is 0.136. The van der Waals surface area contributed by atoms with Crippen molar-refractivity contribution < 1.29 is 48.0 Å². The molecule has 10 nitrogen and oxygen atoms in total. The number of hydrogen-bond donors (Lipinski definition) is 0. The average molecular weight is 782 g/mol. The molecule has 0 saturated carbocycles. The first-order valence-corrected chi connectivity index (χ1v) is 17.4. The van der Waals surface area contributed by atoms with Gasteiger partial charge in [0.1, 0.15) is 11.5 Å². The van der Waals surface area contributed by atoms with E-state index in [4.69, 9.17) is 38.9 Å². The fourth-order valence-electron chi connectivity index (χ4n) is 6.30. The third kappa shape index (κ3) is 8.27. The molecular weight excluding hydrogens is 746 g/mol. The summed E-state index contributed by atoms with van der Waals surface area (Å²) in [7, 11) is 3.24. The van der Waals surface area contributed by atoms with E-state index in [2.05, 4.69) is 0 Å². The summed E-state index contributed by atoms with van der Waals surface area (Å²) in [4.78, 5) is 45.6. The van der Waals surface area contributed by atoms with Gasteiger partial charge in [-0.15, -0.1) is 22.1 Å². The maximum absolute atomic E-state index is 12.6. The van der Waals surface area contributed by atoms with Crippen LogP contribution in [0, 0.1) is 0 Å². The second kappa shape index (κ2) is 17.2. The van der Waals surface area contributed by atoms with Crippen LogP contribution in [0.15, 0.2) is 84.9 Å². The number of nitrogens with zero attached hydrogens (tertiary/aromatic N) is 4. The number of carbonyl (C=O) groups is 2. The van der Waals surface area contributed by atoms with Crippen LogP contribution in [0.25, 0.3) is 80.8 Å². The average Bonchev–Trinajstić information content (AvgIpc) is 4.03. The molecule has 0 N–H and O–H groups in total. The van der Waals surface area contributed by atoms with Gasteiger partial charge in [-0.25, -0.2) is 19.6 Å². The summed E-state index contributed by atoms with van der Waals surface area (Å²) >= 11 is 0. The van der Waals surface area contributed by atoms with E-state index >= 15 is 0 Å². The number of fused-ring (bicyclic) bond motifs is 8. The van der Waals surface area contributed by atoms with Gasteiger partial charge in [0.05, 0.1) is 50.2 Å². The van der Waals surface area contributed by atoms with Gasteiger partial charge in [0.15, 0.2) is 0 Å². The first-order chi connectivity index (χ1) is 26.4. The SMILES string of the molecule is CCOC(=O)/C=C/c1c2nc(c(-c3cccc(OC)c3)c3ccc([n-]3)c(/C=C/C(=O)OCC)c3nc(c(-c4cccc(OC)c4)c4ccc1[n-]4)C=C3)C=C2.[Zn+2]. The van der Waals surface area contributed by atoms with Crippen molar-refractivity contribution in [3.63, 3.8) is 0 Å². The van der Waals surface area contributed by atoms with Crippen LogP contribution in [0.4, 0.5) is 0 Å². The molecule has 270 valence electrons. The summed E-state index contributed by atoms with van der Waals surface area (Å²) in [5, 5.41) is 0. The number of hydrogen-bond acceptors (Lipinski definition) is 8. The third-order valence-electron chi connectivity index (χ3n) is 8.75. The van der Waals surface area contributed by atoms with E-state index in [1.807, 2.05) is 97.1 Å². The van der Waals surface area contributed by atoms with Crippen molar-refractivity contribution in [3.8, 4) is 33.8 Å². The van der Waals surface area contributed by atoms with Crippen molar-refractivity contribution >= 4 is 70.5 Å². The summed E-state index contributed by atoms with van der Waals surface area (Å²) in [6.07, 6.45) is 13.8. The minimum Gasteiger partial charge on any atom is -0.657 e. The van der Waals surface area contributed by atoms with Gasteiger partial charge in [0.2, 0.25) is 0 Å². The Morgan fingerprint density at radius 1 is 0.582 bits per heavy atom. The van der Waals surface area contributed by atoms with Crippen molar-refractivity contribution in [2.75, 3.05) is 27.4 Å². The molecule has 3 aromatic heterocycles. The van der Waals surface area contributed by atoms with Crippen LogP contribution < -0.4 is 19.4 Å². The number of esters is 2. The van der Waals surface area contributed by atoms with Gasteiger partial charge >= 0.3 is 31.4 Å². The molecule has 8 bridgehead atoms. The van der Waals surface area contributed by atoms with Gasteiger partial charge in [-0.2, -0.15) is 0 Å². The second-order valence-corrected chi connectivity index (χ2v) is 12.1. The molecule has 0 unspecified atom stereocenters. The van der Waals surface area contributed by atoms with Crippen molar-refractivity contribution in [1.82, 2.24) is 19.9 Å². The van der Waals surface area contributed by atoms with Gasteiger partial charge in [-0.05, 0) is 108 Å². The number of methoxy groups -OCH3 is 2. The van der Waals surface area contributed by atoms with Gasteiger partial charge in [0, 0.05) is 12.2 Å². The predicted molar refractivity (Wildman–Crippen MR) is 212 cm³/mol. The van der Waals surface area contributed by atoms with E-state index in [-0.39, 0.29) is 32.7 Å². The minimum atomic E-state index is -0.478. The molecular formula is C44H36N4O6Zn. The fourth-order valence-corrected chi connectivity index (χ4v) is 6.30. The zero-order chi connectivity index (χ0) is 37.6. The molecule has 5 heterocycles. The maximum Gasteiger partial charge on any atom is 2.00 e. The van der Waals surface area contributed by atoms with Crippen LogP contribution in [0.3, 0.4) is 0 Å². The Kier molecular flexibility index (Phi) is 12.0. The molecule has 0 radical (unpaired) electrons. The number of ether oxygens (including phenoxy) is 4. The van der Waals surface area contributed by atoms with Crippen molar-refractivity contribution in [2.45, 2.75) is 13.8 Å². The molecule has 0 amide bonds. The first kappa shape index (κ1) is 38.4. The van der Waals surface area contributed by atoms with Crippen LogP contribution in [0.5, 0.6) is 11.5 Å². The van der Waals surface area contributed by atoms with E-state index in [1.165, 1.54) is 12.2 Å². The number of carbonyl (C=O) groups excluding carboxylic acids is 2. The summed E-state index contributed by atoms with van der Waals surface area (Å²) in [5.41, 5.74) is 9.35. The van der Waals surface area contributed by atoms with Gasteiger partial charge in [-0.3, -0.25) is 0 Å². The molecule has 7 rings (SSSR count). The Hall–Kier alpha value is -6.32. The zero-order valence-electron chi connectivity index (χ0n) is 30.9. The normalized spacial score (nSPS) is 11.9. The van der Waals surface area contributed by atoms with Crippen LogP contribution in [-0.4, -0.2) is 49.3 Å². The topological polar surface area (TPSA) is 125 Å². The molecule has 55 heavy (non-hydrogen) atoms. The molecule has 0 aliphatic carbocycles. The molecule has 5 aromatic rings. The number of rotatable bonds is 10. The summed E-state index contributed by atoms with van der Waals surface area (Å²) in [5.74, 6) is 0.387. The van der Waals surface area contributed by atoms with Crippen LogP contribution >= 0.6 is 0 Å². The van der Waals surface area contributed by atoms with E-state index in [0.29, 0.717) is 67.5 Å². The van der Waals surface area contributed by atoms with Crippen LogP contribution in [0.1, 0.15) is 47.8 Å². The molecule has 0 fully saturated rings. The smallest absolute Gasteiger partial charge is 0.657 e. The number of benzene rings is 2. The Labute approximate surface area is 331 Å². The van der Waals surface area contributed by atoms with Crippen LogP contribution in [0.2, 0.25) is 0 Å². The monoisotopic (exact) mass is 780 g/mol. The van der Waals surface area contributed by atoms with Crippen molar-refractivity contribution in [1.29, 1.82) is 0 Å². The van der Waals surface area contributed by atoms with Crippen molar-refractivity contribution in [3.05, 3.63) is 119 Å². The Morgan fingerprint density at radius 3 is 1.38 bits per heavy atom. The van der Waals surface area contributed by atoms with Gasteiger partial charge in [0.25, 0.3) is 0 Å². The Morgan fingerprint density at radius 2 is 0.982 bits per heavy atom. The van der Waals surface area contributed by atoms with Gasteiger partial charge in [-0.1, -0.05) is 48.5 Å². The Balaban J connectivity index is 0.00000514. The molecule has 2 aliphatic rings. The summed E-state index contributed by atoms with van der Waals surface area (Å²) in [6, 6.07) is 23.0. The third-order valence-corrected chi connectivity index (χ3v) is 8.75. The summed E-state index contributed by atoms with van der Waals surface area (Å²) < 4.78 is 21.6. The van der Waals surface area contributed by atoms with E-state index in [9.17, 15) is 9.59 Å². The van der Waals surface area contributed by atoms with E-state index in [1.54, 1.807) is 40.2 Å². The molecule has 11 heteroatoms. The maximum atomic E-state index is 12.6. The molecule has 2 aliphatic heterocycles.